The molecule has 1 unspecified atom stereocenters. The van der Waals surface area contributed by atoms with E-state index in [-0.39, 0.29) is 6.04 Å². The van der Waals surface area contributed by atoms with Crippen molar-refractivity contribution in [1.82, 2.24) is 9.88 Å². The second-order valence-corrected chi connectivity index (χ2v) is 4.79. The average Bonchev–Trinajstić information content (AvgIpc) is 2.84. The van der Waals surface area contributed by atoms with E-state index >= 15 is 0 Å². The van der Waals surface area contributed by atoms with Crippen LogP contribution in [-0.4, -0.2) is 35.6 Å². The van der Waals surface area contributed by atoms with Gasteiger partial charge in [-0.3, -0.25) is 0 Å². The minimum atomic E-state index is 0.270. The molecule has 0 bridgehead atoms. The van der Waals surface area contributed by atoms with E-state index < -0.39 is 0 Å². The molecule has 1 aromatic heterocycles. The van der Waals surface area contributed by atoms with Gasteiger partial charge in [0.15, 0.2) is 5.82 Å². The molecule has 0 aromatic carbocycles. The van der Waals surface area contributed by atoms with Crippen LogP contribution in [0, 0.1) is 11.3 Å². The van der Waals surface area contributed by atoms with Gasteiger partial charge in [0.05, 0.1) is 11.3 Å². The highest BCUT2D eigenvalue weighted by molar-refractivity contribution is 5.69. The van der Waals surface area contributed by atoms with Gasteiger partial charge in [0.2, 0.25) is 0 Å². The van der Waals surface area contributed by atoms with Crippen LogP contribution < -0.4 is 11.1 Å². The van der Waals surface area contributed by atoms with Crippen molar-refractivity contribution in [3.05, 3.63) is 17.8 Å². The van der Waals surface area contributed by atoms with Crippen molar-refractivity contribution in [2.45, 2.75) is 25.8 Å². The maximum Gasteiger partial charge on any atom is 0.150 e. The van der Waals surface area contributed by atoms with Crippen LogP contribution in [-0.2, 0) is 0 Å². The molecule has 5 heteroatoms. The van der Waals surface area contributed by atoms with E-state index in [2.05, 4.69) is 28.2 Å². The number of nitriles is 1. The van der Waals surface area contributed by atoms with Crippen molar-refractivity contribution >= 4 is 11.5 Å². The fourth-order valence-electron chi connectivity index (χ4n) is 2.32. The van der Waals surface area contributed by atoms with Gasteiger partial charge < -0.3 is 16.0 Å². The number of hydrogen-bond donors (Lipinski definition) is 2. The first kappa shape index (κ1) is 12.7. The molecule has 1 fully saturated rings. The van der Waals surface area contributed by atoms with Gasteiger partial charge in [-0.25, -0.2) is 4.98 Å². The third-order valence-electron chi connectivity index (χ3n) is 3.22. The normalized spacial score (nSPS) is 17.3. The van der Waals surface area contributed by atoms with Gasteiger partial charge in [0.25, 0.3) is 0 Å². The van der Waals surface area contributed by atoms with Crippen molar-refractivity contribution in [1.29, 1.82) is 5.26 Å². The molecular weight excluding hydrogens is 226 g/mol. The van der Waals surface area contributed by atoms with E-state index in [1.165, 1.54) is 25.9 Å². The van der Waals surface area contributed by atoms with Gasteiger partial charge in [-0.1, -0.05) is 0 Å². The average molecular weight is 245 g/mol. The summed E-state index contributed by atoms with van der Waals surface area (Å²) in [5.74, 6) is 0.612. The summed E-state index contributed by atoms with van der Waals surface area (Å²) in [4.78, 5) is 6.63. The molecule has 0 radical (unpaired) electrons. The fraction of sp³-hybridized carbons (Fsp3) is 0.538. The molecule has 0 saturated carbocycles. The highest BCUT2D eigenvalue weighted by atomic mass is 15.2. The number of anilines is 2. The highest BCUT2D eigenvalue weighted by Crippen LogP contribution is 2.20. The Balaban J connectivity index is 1.98. The molecule has 1 aliphatic rings. The van der Waals surface area contributed by atoms with Crippen LogP contribution in [0.15, 0.2) is 12.3 Å². The SMILES string of the molecule is CC(CN1CCCC1)Nc1nccc(C#N)c1N. The lowest BCUT2D eigenvalue weighted by molar-refractivity contribution is 0.327. The van der Waals surface area contributed by atoms with E-state index in [0.717, 1.165) is 6.54 Å². The topological polar surface area (TPSA) is 78.0 Å². The third-order valence-corrected chi connectivity index (χ3v) is 3.22. The summed E-state index contributed by atoms with van der Waals surface area (Å²) in [6.45, 7) is 5.44. The van der Waals surface area contributed by atoms with Gasteiger partial charge in [-0.15, -0.1) is 0 Å². The molecule has 2 heterocycles. The lowest BCUT2D eigenvalue weighted by Gasteiger charge is -2.22. The zero-order chi connectivity index (χ0) is 13.0. The van der Waals surface area contributed by atoms with Crippen LogP contribution >= 0.6 is 0 Å². The number of pyridine rings is 1. The Morgan fingerprint density at radius 1 is 1.56 bits per heavy atom. The monoisotopic (exact) mass is 245 g/mol. The summed E-state index contributed by atoms with van der Waals surface area (Å²) in [5, 5.41) is 12.2. The zero-order valence-electron chi connectivity index (χ0n) is 10.7. The summed E-state index contributed by atoms with van der Waals surface area (Å²) < 4.78 is 0. The van der Waals surface area contributed by atoms with Gasteiger partial charge in [0.1, 0.15) is 6.07 Å². The van der Waals surface area contributed by atoms with Crippen LogP contribution in [0.25, 0.3) is 0 Å². The van der Waals surface area contributed by atoms with Crippen molar-refractivity contribution in [2.75, 3.05) is 30.7 Å². The molecule has 1 atom stereocenters. The Labute approximate surface area is 108 Å². The van der Waals surface area contributed by atoms with Gasteiger partial charge in [-0.05, 0) is 38.9 Å². The molecule has 0 aliphatic carbocycles. The molecule has 96 valence electrons. The summed E-state index contributed by atoms with van der Waals surface area (Å²) in [7, 11) is 0. The van der Waals surface area contributed by atoms with Crippen molar-refractivity contribution in [2.24, 2.45) is 0 Å². The Hall–Kier alpha value is -1.80. The van der Waals surface area contributed by atoms with Crippen LogP contribution in [0.5, 0.6) is 0 Å². The second-order valence-electron chi connectivity index (χ2n) is 4.79. The van der Waals surface area contributed by atoms with Crippen molar-refractivity contribution < 1.29 is 0 Å². The predicted molar refractivity (Wildman–Crippen MR) is 72.1 cm³/mol. The zero-order valence-corrected chi connectivity index (χ0v) is 10.7. The lowest BCUT2D eigenvalue weighted by atomic mass is 10.2. The fourth-order valence-corrected chi connectivity index (χ4v) is 2.32. The minimum absolute atomic E-state index is 0.270. The molecule has 18 heavy (non-hydrogen) atoms. The highest BCUT2D eigenvalue weighted by Gasteiger charge is 2.15. The molecule has 5 nitrogen and oxygen atoms in total. The summed E-state index contributed by atoms with van der Waals surface area (Å²) >= 11 is 0. The minimum Gasteiger partial charge on any atom is -0.395 e. The number of nitrogens with zero attached hydrogens (tertiary/aromatic N) is 3. The molecule has 1 aromatic rings. The Bertz CT molecular complexity index is 445. The van der Waals surface area contributed by atoms with Crippen LogP contribution in [0.2, 0.25) is 0 Å². The summed E-state index contributed by atoms with van der Waals surface area (Å²) in [6, 6.07) is 3.97. The molecule has 3 N–H and O–H groups in total. The molecular formula is C13H19N5. The number of nitrogens with one attached hydrogen (secondary N) is 1. The number of hydrogen-bond acceptors (Lipinski definition) is 5. The number of rotatable bonds is 4. The molecule has 0 spiro atoms. The maximum absolute atomic E-state index is 8.91. The van der Waals surface area contributed by atoms with Crippen molar-refractivity contribution in [3.63, 3.8) is 0 Å². The Morgan fingerprint density at radius 3 is 2.94 bits per heavy atom. The maximum atomic E-state index is 8.91. The quantitative estimate of drug-likeness (QED) is 0.839. The second kappa shape index (κ2) is 5.69. The van der Waals surface area contributed by atoms with E-state index in [9.17, 15) is 0 Å². The van der Waals surface area contributed by atoms with E-state index in [4.69, 9.17) is 11.0 Å². The Morgan fingerprint density at radius 2 is 2.28 bits per heavy atom. The summed E-state index contributed by atoms with van der Waals surface area (Å²) in [5.41, 5.74) is 6.80. The van der Waals surface area contributed by atoms with Crippen molar-refractivity contribution in [3.8, 4) is 6.07 Å². The van der Waals surface area contributed by atoms with Gasteiger partial charge in [0, 0.05) is 18.8 Å². The van der Waals surface area contributed by atoms with E-state index in [1.54, 1.807) is 12.3 Å². The van der Waals surface area contributed by atoms with E-state index in [1.807, 2.05) is 0 Å². The molecule has 0 amide bonds. The standard InChI is InChI=1S/C13H19N5/c1-10(9-18-6-2-3-7-18)17-13-12(15)11(8-14)4-5-16-13/h4-5,10H,2-3,6-7,9,15H2,1H3,(H,16,17). The predicted octanol–water partition coefficient (Wildman–Crippen LogP) is 1.43. The van der Waals surface area contributed by atoms with E-state index in [0.29, 0.717) is 17.1 Å². The first-order valence-corrected chi connectivity index (χ1v) is 6.34. The third kappa shape index (κ3) is 2.90. The first-order chi connectivity index (χ1) is 8.70. The Kier molecular flexibility index (Phi) is 4.00. The van der Waals surface area contributed by atoms with Gasteiger partial charge in [-0.2, -0.15) is 5.26 Å². The number of likely N-dealkylation sites (tertiary alicyclic amines) is 1. The van der Waals surface area contributed by atoms with Crippen LogP contribution in [0.3, 0.4) is 0 Å². The lowest BCUT2D eigenvalue weighted by Crippen LogP contribution is -2.33. The van der Waals surface area contributed by atoms with Crippen LogP contribution in [0.4, 0.5) is 11.5 Å². The smallest absolute Gasteiger partial charge is 0.150 e. The molecule has 1 saturated heterocycles. The summed E-state index contributed by atoms with van der Waals surface area (Å²) in [6.07, 6.45) is 4.19. The first-order valence-electron chi connectivity index (χ1n) is 6.34. The molecule has 2 rings (SSSR count). The number of nitrogens with two attached hydrogens (primary N) is 1. The van der Waals surface area contributed by atoms with Crippen LogP contribution in [0.1, 0.15) is 25.3 Å². The number of aromatic nitrogens is 1. The molecule has 1 aliphatic heterocycles. The largest absolute Gasteiger partial charge is 0.395 e. The van der Waals surface area contributed by atoms with Gasteiger partial charge >= 0.3 is 0 Å². The number of nitrogen functional groups attached to an aromatic ring is 1.